The molecular weight excluding hydrogens is 332 g/mol. The van der Waals surface area contributed by atoms with Crippen LogP contribution >= 0.6 is 0 Å². The molecule has 3 aliphatic heterocycles. The van der Waals surface area contributed by atoms with Crippen molar-refractivity contribution < 1.29 is 18.9 Å². The van der Waals surface area contributed by atoms with Crippen molar-refractivity contribution in [1.29, 1.82) is 0 Å². The summed E-state index contributed by atoms with van der Waals surface area (Å²) in [5, 5.41) is 0. The Morgan fingerprint density at radius 3 is 3.00 bits per heavy atom. The van der Waals surface area contributed by atoms with Crippen LogP contribution in [0.3, 0.4) is 0 Å². The molecule has 2 aromatic rings. The molecule has 1 spiro atoms. The molecule has 0 N–H and O–H groups in total. The van der Waals surface area contributed by atoms with Crippen molar-refractivity contribution in [3.63, 3.8) is 0 Å². The summed E-state index contributed by atoms with van der Waals surface area (Å²) in [6.07, 6.45) is 4.57. The molecule has 1 atom stereocenters. The van der Waals surface area contributed by atoms with E-state index in [0.29, 0.717) is 19.3 Å². The fourth-order valence-electron chi connectivity index (χ4n) is 4.12. The lowest BCUT2D eigenvalue weighted by atomic mass is 9.81. The average molecular weight is 354 g/mol. The van der Waals surface area contributed by atoms with E-state index in [4.69, 9.17) is 18.9 Å². The first kappa shape index (κ1) is 15.9. The number of hydrogen-bond donors (Lipinski definition) is 0. The van der Waals surface area contributed by atoms with E-state index < -0.39 is 0 Å². The maximum atomic E-state index is 6.14. The molecule has 136 valence electrons. The summed E-state index contributed by atoms with van der Waals surface area (Å²) >= 11 is 0. The fraction of sp³-hybridized carbons (Fsp3) is 0.450. The lowest BCUT2D eigenvalue weighted by molar-refractivity contribution is -0.140. The van der Waals surface area contributed by atoms with Crippen molar-refractivity contribution in [1.82, 2.24) is 9.88 Å². The molecule has 0 saturated carbocycles. The number of fused-ring (bicyclic) bond motifs is 1. The zero-order valence-corrected chi connectivity index (χ0v) is 14.6. The zero-order chi connectivity index (χ0) is 17.4. The summed E-state index contributed by atoms with van der Waals surface area (Å²) in [5.41, 5.74) is 1.18. The molecule has 0 radical (unpaired) electrons. The molecule has 5 rings (SSSR count). The molecule has 1 aromatic heterocycles. The van der Waals surface area contributed by atoms with Gasteiger partial charge in [-0.15, -0.1) is 0 Å². The number of pyridine rings is 1. The van der Waals surface area contributed by atoms with Gasteiger partial charge >= 0.3 is 0 Å². The number of hydrogen-bond acceptors (Lipinski definition) is 6. The van der Waals surface area contributed by atoms with Crippen molar-refractivity contribution >= 4 is 0 Å². The number of likely N-dealkylation sites (tertiary alicyclic amines) is 1. The van der Waals surface area contributed by atoms with Gasteiger partial charge in [-0.05, 0) is 36.2 Å². The molecule has 0 amide bonds. The van der Waals surface area contributed by atoms with Gasteiger partial charge in [0.25, 0.3) is 0 Å². The summed E-state index contributed by atoms with van der Waals surface area (Å²) in [7, 11) is 0. The van der Waals surface area contributed by atoms with Gasteiger partial charge in [0.15, 0.2) is 11.5 Å². The molecule has 1 unspecified atom stereocenters. The van der Waals surface area contributed by atoms with Gasteiger partial charge in [0, 0.05) is 38.4 Å². The minimum Gasteiger partial charge on any atom is -0.492 e. The molecule has 2 fully saturated rings. The van der Waals surface area contributed by atoms with Gasteiger partial charge in [0.2, 0.25) is 6.79 Å². The Labute approximate surface area is 152 Å². The maximum Gasteiger partial charge on any atom is 0.231 e. The van der Waals surface area contributed by atoms with Crippen LogP contribution in [0.25, 0.3) is 0 Å². The summed E-state index contributed by atoms with van der Waals surface area (Å²) in [6.45, 7) is 4.61. The maximum absolute atomic E-state index is 6.14. The SMILES string of the molecule is c1cncc(OCC2CCOC23CN(Cc2ccc4c(c2)OCO4)C3)c1. The van der Waals surface area contributed by atoms with Crippen molar-refractivity contribution in [2.75, 3.05) is 33.1 Å². The number of ether oxygens (including phenoxy) is 4. The van der Waals surface area contributed by atoms with Crippen LogP contribution in [0, 0.1) is 5.92 Å². The number of aromatic nitrogens is 1. The molecule has 6 heteroatoms. The smallest absolute Gasteiger partial charge is 0.231 e. The van der Waals surface area contributed by atoms with Crippen molar-refractivity contribution in [2.24, 2.45) is 5.92 Å². The highest BCUT2D eigenvalue weighted by Gasteiger charge is 2.53. The highest BCUT2D eigenvalue weighted by atomic mass is 16.7. The third kappa shape index (κ3) is 2.89. The normalized spacial score (nSPS) is 23.2. The molecule has 2 saturated heterocycles. The van der Waals surface area contributed by atoms with E-state index in [1.807, 2.05) is 18.2 Å². The van der Waals surface area contributed by atoms with Gasteiger partial charge in [-0.3, -0.25) is 9.88 Å². The van der Waals surface area contributed by atoms with Crippen molar-refractivity contribution in [3.05, 3.63) is 48.3 Å². The van der Waals surface area contributed by atoms with Crippen LogP contribution in [-0.4, -0.2) is 48.6 Å². The zero-order valence-electron chi connectivity index (χ0n) is 14.6. The largest absolute Gasteiger partial charge is 0.492 e. The quantitative estimate of drug-likeness (QED) is 0.822. The predicted octanol–water partition coefficient (Wildman–Crippen LogP) is 2.48. The monoisotopic (exact) mass is 354 g/mol. The van der Waals surface area contributed by atoms with Crippen LogP contribution in [0.15, 0.2) is 42.7 Å². The minimum absolute atomic E-state index is 0.0570. The highest BCUT2D eigenvalue weighted by molar-refractivity contribution is 5.44. The molecule has 6 nitrogen and oxygen atoms in total. The van der Waals surface area contributed by atoms with Crippen LogP contribution < -0.4 is 14.2 Å². The van der Waals surface area contributed by atoms with Crippen LogP contribution in [0.5, 0.6) is 17.2 Å². The summed E-state index contributed by atoms with van der Waals surface area (Å²) < 4.78 is 22.9. The summed E-state index contributed by atoms with van der Waals surface area (Å²) in [4.78, 5) is 6.52. The van der Waals surface area contributed by atoms with Crippen LogP contribution in [0.1, 0.15) is 12.0 Å². The second kappa shape index (κ2) is 6.45. The third-order valence-corrected chi connectivity index (χ3v) is 5.51. The molecule has 0 aliphatic carbocycles. The van der Waals surface area contributed by atoms with Gasteiger partial charge in [-0.25, -0.2) is 0 Å². The lowest BCUT2D eigenvalue weighted by Crippen LogP contribution is -2.64. The Hall–Kier alpha value is -2.31. The van der Waals surface area contributed by atoms with Crippen molar-refractivity contribution in [2.45, 2.75) is 18.6 Å². The second-order valence-corrected chi connectivity index (χ2v) is 7.23. The standard InChI is InChI=1S/C20H22N2O4/c1-2-17(9-21-6-1)23-11-16-5-7-26-20(16)12-22(13-20)10-15-3-4-18-19(8-15)25-14-24-18/h1-4,6,8-9,16H,5,7,10-14H2. The number of benzene rings is 1. The Bertz CT molecular complexity index is 777. The molecule has 0 bridgehead atoms. The van der Waals surface area contributed by atoms with E-state index in [1.54, 1.807) is 12.4 Å². The fourth-order valence-corrected chi connectivity index (χ4v) is 4.12. The average Bonchev–Trinajstić information content (AvgIpc) is 3.27. The first-order valence-electron chi connectivity index (χ1n) is 9.08. The van der Waals surface area contributed by atoms with E-state index in [0.717, 1.165) is 49.9 Å². The molecule has 1 aromatic carbocycles. The minimum atomic E-state index is -0.0570. The molecule has 3 aliphatic rings. The van der Waals surface area contributed by atoms with Gasteiger partial charge < -0.3 is 18.9 Å². The van der Waals surface area contributed by atoms with Gasteiger partial charge in [-0.2, -0.15) is 0 Å². The Kier molecular flexibility index (Phi) is 3.94. The summed E-state index contributed by atoms with van der Waals surface area (Å²) in [5.74, 6) is 2.93. The van der Waals surface area contributed by atoms with Crippen molar-refractivity contribution in [3.8, 4) is 17.2 Å². The Balaban J connectivity index is 1.18. The van der Waals surface area contributed by atoms with E-state index in [-0.39, 0.29) is 5.60 Å². The van der Waals surface area contributed by atoms with Gasteiger partial charge in [0.1, 0.15) is 5.75 Å². The molecule has 26 heavy (non-hydrogen) atoms. The number of nitrogens with zero attached hydrogens (tertiary/aromatic N) is 2. The second-order valence-electron chi connectivity index (χ2n) is 7.23. The van der Waals surface area contributed by atoms with Crippen LogP contribution in [0.2, 0.25) is 0 Å². The Morgan fingerprint density at radius 2 is 2.12 bits per heavy atom. The van der Waals surface area contributed by atoms with E-state index in [2.05, 4.69) is 22.0 Å². The topological polar surface area (TPSA) is 53.1 Å². The number of rotatable bonds is 5. The van der Waals surface area contributed by atoms with E-state index >= 15 is 0 Å². The van der Waals surface area contributed by atoms with Gasteiger partial charge in [0.05, 0.1) is 18.4 Å². The molecule has 4 heterocycles. The van der Waals surface area contributed by atoms with Gasteiger partial charge in [-0.1, -0.05) is 6.07 Å². The van der Waals surface area contributed by atoms with Crippen LogP contribution in [-0.2, 0) is 11.3 Å². The molecular formula is C20H22N2O4. The first-order valence-corrected chi connectivity index (χ1v) is 9.08. The van der Waals surface area contributed by atoms with Crippen LogP contribution in [0.4, 0.5) is 0 Å². The third-order valence-electron chi connectivity index (χ3n) is 5.51. The highest BCUT2D eigenvalue weighted by Crippen LogP contribution is 2.41. The van der Waals surface area contributed by atoms with E-state index in [1.165, 1.54) is 5.56 Å². The Morgan fingerprint density at radius 1 is 1.19 bits per heavy atom. The summed E-state index contributed by atoms with van der Waals surface area (Å²) in [6, 6.07) is 10.0. The first-order chi connectivity index (χ1) is 12.8. The lowest BCUT2D eigenvalue weighted by Gasteiger charge is -2.50. The van der Waals surface area contributed by atoms with E-state index in [9.17, 15) is 0 Å². The predicted molar refractivity (Wildman–Crippen MR) is 94.4 cm³/mol.